The Morgan fingerprint density at radius 3 is 2.86 bits per heavy atom. The molecule has 4 nitrogen and oxygen atoms in total. The van der Waals surface area contributed by atoms with Crippen LogP contribution in [0.15, 0.2) is 35.3 Å². The van der Waals surface area contributed by atoms with Crippen LogP contribution in [-0.4, -0.2) is 43.0 Å². The van der Waals surface area contributed by atoms with Crippen molar-refractivity contribution < 1.29 is 14.6 Å². The Morgan fingerprint density at radius 1 is 1.38 bits per heavy atom. The minimum Gasteiger partial charge on any atom is -0.394 e. The first-order valence-corrected chi connectivity index (χ1v) is 7.66. The normalized spacial score (nSPS) is 22.3. The second kappa shape index (κ2) is 8.27. The molecule has 2 atom stereocenters. The third-order valence-corrected chi connectivity index (χ3v) is 3.75. The number of aliphatic imine (C=N–C) groups is 1. The number of nitrogens with zero attached hydrogens (tertiary/aromatic N) is 1. The summed E-state index contributed by atoms with van der Waals surface area (Å²) in [5, 5.41) is 9.60. The van der Waals surface area contributed by atoms with E-state index in [2.05, 4.69) is 4.99 Å². The van der Waals surface area contributed by atoms with Gasteiger partial charge in [-0.1, -0.05) is 30.3 Å². The molecule has 1 saturated heterocycles. The number of rotatable bonds is 7. The molecular formula is C17H25NO3. The predicted octanol–water partition coefficient (Wildman–Crippen LogP) is 2.79. The highest BCUT2D eigenvalue weighted by atomic mass is 16.7. The van der Waals surface area contributed by atoms with Crippen molar-refractivity contribution in [2.24, 2.45) is 4.99 Å². The van der Waals surface area contributed by atoms with Crippen molar-refractivity contribution in [3.63, 3.8) is 0 Å². The average molecular weight is 291 g/mol. The highest BCUT2D eigenvalue weighted by Crippen LogP contribution is 2.18. The molecule has 1 aliphatic heterocycles. The monoisotopic (exact) mass is 291 g/mol. The first-order valence-electron chi connectivity index (χ1n) is 7.66. The minimum absolute atomic E-state index is 0.00518. The quantitative estimate of drug-likeness (QED) is 0.786. The second-order valence-corrected chi connectivity index (χ2v) is 5.74. The van der Waals surface area contributed by atoms with E-state index in [0.717, 1.165) is 31.4 Å². The van der Waals surface area contributed by atoms with E-state index in [9.17, 15) is 5.11 Å². The Labute approximate surface area is 126 Å². The molecule has 1 aromatic carbocycles. The fourth-order valence-corrected chi connectivity index (χ4v) is 2.21. The summed E-state index contributed by atoms with van der Waals surface area (Å²) in [4.78, 5) is 4.53. The van der Waals surface area contributed by atoms with Gasteiger partial charge in [-0.2, -0.15) is 0 Å². The molecule has 1 heterocycles. The van der Waals surface area contributed by atoms with Gasteiger partial charge in [0.15, 0.2) is 6.29 Å². The molecule has 4 heteroatoms. The Bertz CT molecular complexity index is 429. The van der Waals surface area contributed by atoms with Crippen LogP contribution in [0.4, 0.5) is 0 Å². The molecule has 0 bridgehead atoms. The van der Waals surface area contributed by atoms with Crippen molar-refractivity contribution in [3.8, 4) is 0 Å². The zero-order valence-electron chi connectivity index (χ0n) is 12.7. The molecule has 1 aliphatic rings. The first-order chi connectivity index (χ1) is 10.2. The maximum absolute atomic E-state index is 9.60. The summed E-state index contributed by atoms with van der Waals surface area (Å²) in [5.74, 6) is 0. The Morgan fingerprint density at radius 2 is 2.19 bits per heavy atom. The highest BCUT2D eigenvalue weighted by Gasteiger charge is 2.22. The lowest BCUT2D eigenvalue weighted by molar-refractivity contribution is -0.164. The smallest absolute Gasteiger partial charge is 0.157 e. The SMILES string of the molecule is CC(CO)(CCOC1CCCCO1)N=Cc1ccccc1. The standard InChI is InChI=1S/C17H25NO3/c1-17(14-19,18-13-15-7-3-2-4-8-15)10-12-21-16-9-5-6-11-20-16/h2-4,7-8,13,16,19H,5-6,9-12,14H2,1H3. The third-order valence-electron chi connectivity index (χ3n) is 3.75. The van der Waals surface area contributed by atoms with Gasteiger partial charge in [-0.05, 0) is 38.2 Å². The van der Waals surface area contributed by atoms with Gasteiger partial charge in [-0.15, -0.1) is 0 Å². The summed E-state index contributed by atoms with van der Waals surface area (Å²) >= 11 is 0. The van der Waals surface area contributed by atoms with Crippen molar-refractivity contribution in [3.05, 3.63) is 35.9 Å². The van der Waals surface area contributed by atoms with Crippen LogP contribution in [0, 0.1) is 0 Å². The number of ether oxygens (including phenoxy) is 2. The molecule has 0 radical (unpaired) electrons. The lowest BCUT2D eigenvalue weighted by atomic mass is 10.0. The summed E-state index contributed by atoms with van der Waals surface area (Å²) in [6, 6.07) is 9.91. The van der Waals surface area contributed by atoms with Gasteiger partial charge < -0.3 is 14.6 Å². The van der Waals surface area contributed by atoms with Crippen LogP contribution >= 0.6 is 0 Å². The van der Waals surface area contributed by atoms with Gasteiger partial charge in [0, 0.05) is 12.8 Å². The Kier molecular flexibility index (Phi) is 6.36. The molecule has 21 heavy (non-hydrogen) atoms. The van der Waals surface area contributed by atoms with Gasteiger partial charge in [0.25, 0.3) is 0 Å². The maximum atomic E-state index is 9.60. The third kappa shape index (κ3) is 5.58. The van der Waals surface area contributed by atoms with Crippen molar-refractivity contribution >= 4 is 6.21 Å². The summed E-state index contributed by atoms with van der Waals surface area (Å²) in [5.41, 5.74) is 0.526. The molecule has 2 rings (SSSR count). The van der Waals surface area contributed by atoms with Crippen molar-refractivity contribution in [1.29, 1.82) is 0 Å². The minimum atomic E-state index is -0.509. The van der Waals surface area contributed by atoms with Crippen LogP contribution in [0.2, 0.25) is 0 Å². The molecule has 1 N–H and O–H groups in total. The van der Waals surface area contributed by atoms with Crippen LogP contribution in [0.3, 0.4) is 0 Å². The second-order valence-electron chi connectivity index (χ2n) is 5.74. The topological polar surface area (TPSA) is 51.0 Å². The summed E-state index contributed by atoms with van der Waals surface area (Å²) < 4.78 is 11.3. The largest absolute Gasteiger partial charge is 0.394 e. The molecule has 0 saturated carbocycles. The van der Waals surface area contributed by atoms with Crippen LogP contribution in [0.5, 0.6) is 0 Å². The lowest BCUT2D eigenvalue weighted by Gasteiger charge is -2.26. The van der Waals surface area contributed by atoms with E-state index in [1.807, 2.05) is 43.5 Å². The van der Waals surface area contributed by atoms with Crippen LogP contribution in [-0.2, 0) is 9.47 Å². The van der Waals surface area contributed by atoms with E-state index in [-0.39, 0.29) is 12.9 Å². The maximum Gasteiger partial charge on any atom is 0.157 e. The molecule has 2 unspecified atom stereocenters. The van der Waals surface area contributed by atoms with Crippen molar-refractivity contribution in [2.45, 2.75) is 44.4 Å². The van der Waals surface area contributed by atoms with E-state index in [0.29, 0.717) is 13.0 Å². The van der Waals surface area contributed by atoms with Gasteiger partial charge in [-0.3, -0.25) is 4.99 Å². The molecule has 0 aliphatic carbocycles. The molecular weight excluding hydrogens is 266 g/mol. The molecule has 0 amide bonds. The van der Waals surface area contributed by atoms with E-state index in [1.54, 1.807) is 0 Å². The molecule has 0 spiro atoms. The van der Waals surface area contributed by atoms with Crippen molar-refractivity contribution in [1.82, 2.24) is 0 Å². The van der Waals surface area contributed by atoms with E-state index < -0.39 is 5.54 Å². The van der Waals surface area contributed by atoms with Gasteiger partial charge in [0.1, 0.15) is 0 Å². The van der Waals surface area contributed by atoms with Gasteiger partial charge in [-0.25, -0.2) is 0 Å². The van der Waals surface area contributed by atoms with Gasteiger partial charge >= 0.3 is 0 Å². The van der Waals surface area contributed by atoms with E-state index in [4.69, 9.17) is 9.47 Å². The van der Waals surface area contributed by atoms with Crippen LogP contribution in [0.1, 0.15) is 38.2 Å². The summed E-state index contributed by atoms with van der Waals surface area (Å²) in [6.45, 7) is 3.28. The number of aliphatic hydroxyl groups excluding tert-OH is 1. The summed E-state index contributed by atoms with van der Waals surface area (Å²) in [6.07, 6.45) is 5.65. The number of hydrogen-bond donors (Lipinski definition) is 1. The van der Waals surface area contributed by atoms with E-state index in [1.165, 1.54) is 0 Å². The first kappa shape index (κ1) is 16.1. The fraction of sp³-hybridized carbons (Fsp3) is 0.588. The highest BCUT2D eigenvalue weighted by molar-refractivity contribution is 5.79. The average Bonchev–Trinajstić information content (AvgIpc) is 2.55. The van der Waals surface area contributed by atoms with Gasteiger partial charge in [0.05, 0.1) is 18.8 Å². The Balaban J connectivity index is 1.81. The predicted molar refractivity (Wildman–Crippen MR) is 83.7 cm³/mol. The molecule has 1 aromatic rings. The van der Waals surface area contributed by atoms with Crippen molar-refractivity contribution in [2.75, 3.05) is 19.8 Å². The van der Waals surface area contributed by atoms with Gasteiger partial charge in [0.2, 0.25) is 0 Å². The molecule has 1 fully saturated rings. The molecule has 0 aromatic heterocycles. The van der Waals surface area contributed by atoms with Crippen LogP contribution < -0.4 is 0 Å². The lowest BCUT2D eigenvalue weighted by Crippen LogP contribution is -2.31. The number of hydrogen-bond acceptors (Lipinski definition) is 4. The summed E-state index contributed by atoms with van der Waals surface area (Å²) in [7, 11) is 0. The fourth-order valence-electron chi connectivity index (χ4n) is 2.21. The Hall–Kier alpha value is -1.23. The number of benzene rings is 1. The van der Waals surface area contributed by atoms with Crippen LogP contribution in [0.25, 0.3) is 0 Å². The molecule has 116 valence electrons. The zero-order chi connectivity index (χ0) is 15.0. The number of aliphatic hydroxyl groups is 1. The zero-order valence-corrected chi connectivity index (χ0v) is 12.7. The van der Waals surface area contributed by atoms with E-state index >= 15 is 0 Å².